The number of methoxy groups -OCH3 is 1. The summed E-state index contributed by atoms with van der Waals surface area (Å²) in [5.74, 6) is 1.21. The van der Waals surface area contributed by atoms with Crippen LogP contribution >= 0.6 is 11.6 Å². The van der Waals surface area contributed by atoms with Crippen molar-refractivity contribution in [3.05, 3.63) is 100 Å². The van der Waals surface area contributed by atoms with Crippen molar-refractivity contribution in [2.75, 3.05) is 7.11 Å². The molecule has 0 radical (unpaired) electrons. The van der Waals surface area contributed by atoms with Crippen LogP contribution in [0, 0.1) is 22.7 Å². The molecule has 0 saturated heterocycles. The van der Waals surface area contributed by atoms with Gasteiger partial charge in [-0.05, 0) is 35.4 Å². The molecule has 1 aromatic heterocycles. The summed E-state index contributed by atoms with van der Waals surface area (Å²) in [5, 5.41) is 23.7. The zero-order chi connectivity index (χ0) is 24.6. The lowest BCUT2D eigenvalue weighted by Crippen LogP contribution is -1.99. The summed E-state index contributed by atoms with van der Waals surface area (Å²) in [4.78, 5) is 4.55. The molecule has 0 fully saturated rings. The molecule has 3 aromatic carbocycles. The SMILES string of the molecule is COc1cc(C=Nc2c(C#N)c(CC#N)nn2-c2ccccc2)cc(Cl)c1OCc1ccccc1. The molecule has 0 spiro atoms. The Morgan fingerprint density at radius 2 is 1.77 bits per heavy atom. The summed E-state index contributed by atoms with van der Waals surface area (Å²) in [6.07, 6.45) is 1.57. The molecule has 0 saturated carbocycles. The molecular formula is C27H20ClN5O2. The van der Waals surface area contributed by atoms with E-state index in [-0.39, 0.29) is 12.0 Å². The zero-order valence-corrected chi connectivity index (χ0v) is 19.6. The number of ether oxygens (including phenoxy) is 2. The summed E-state index contributed by atoms with van der Waals surface area (Å²) < 4.78 is 13.0. The number of halogens is 1. The topological polar surface area (TPSA) is 96.2 Å². The summed E-state index contributed by atoms with van der Waals surface area (Å²) in [5.41, 5.74) is 2.98. The Hall–Kier alpha value is -4.59. The normalized spacial score (nSPS) is 10.6. The number of aromatic nitrogens is 2. The molecule has 4 aromatic rings. The maximum Gasteiger partial charge on any atom is 0.180 e. The Balaban J connectivity index is 1.69. The smallest absolute Gasteiger partial charge is 0.180 e. The first kappa shape index (κ1) is 23.6. The Morgan fingerprint density at radius 3 is 2.43 bits per heavy atom. The van der Waals surface area contributed by atoms with E-state index in [1.807, 2.05) is 60.7 Å². The molecule has 0 atom stereocenters. The van der Waals surface area contributed by atoms with Crippen LogP contribution in [0.4, 0.5) is 5.82 Å². The molecule has 0 aliphatic carbocycles. The van der Waals surface area contributed by atoms with E-state index >= 15 is 0 Å². The molecule has 172 valence electrons. The van der Waals surface area contributed by atoms with E-state index in [2.05, 4.69) is 22.2 Å². The Morgan fingerprint density at radius 1 is 1.06 bits per heavy atom. The quantitative estimate of drug-likeness (QED) is 0.296. The number of nitrogens with zero attached hydrogens (tertiary/aromatic N) is 5. The van der Waals surface area contributed by atoms with Gasteiger partial charge in [-0.3, -0.25) is 0 Å². The molecule has 0 bridgehead atoms. The largest absolute Gasteiger partial charge is 0.493 e. The monoisotopic (exact) mass is 481 g/mol. The Kier molecular flexibility index (Phi) is 7.42. The fourth-order valence-corrected chi connectivity index (χ4v) is 3.73. The number of hydrogen-bond acceptors (Lipinski definition) is 6. The van der Waals surface area contributed by atoms with E-state index in [4.69, 9.17) is 26.3 Å². The fraction of sp³-hybridized carbons (Fsp3) is 0.111. The van der Waals surface area contributed by atoms with E-state index in [9.17, 15) is 5.26 Å². The third-order valence-corrected chi connectivity index (χ3v) is 5.39. The number of nitriles is 2. The van der Waals surface area contributed by atoms with Gasteiger partial charge in [0, 0.05) is 6.21 Å². The van der Waals surface area contributed by atoms with Crippen LogP contribution in [0.2, 0.25) is 5.02 Å². The molecule has 35 heavy (non-hydrogen) atoms. The maximum atomic E-state index is 9.75. The van der Waals surface area contributed by atoms with E-state index in [1.165, 1.54) is 7.11 Å². The first-order valence-corrected chi connectivity index (χ1v) is 11.0. The van der Waals surface area contributed by atoms with Crippen LogP contribution in [0.1, 0.15) is 22.4 Å². The van der Waals surface area contributed by atoms with Gasteiger partial charge in [0.2, 0.25) is 0 Å². The molecular weight excluding hydrogens is 462 g/mol. The second kappa shape index (κ2) is 11.0. The zero-order valence-electron chi connectivity index (χ0n) is 18.9. The highest BCUT2D eigenvalue weighted by Crippen LogP contribution is 2.37. The average Bonchev–Trinajstić information content (AvgIpc) is 3.25. The summed E-state index contributed by atoms with van der Waals surface area (Å²) in [7, 11) is 1.54. The third kappa shape index (κ3) is 5.33. The van der Waals surface area contributed by atoms with Crippen LogP contribution in [-0.4, -0.2) is 23.1 Å². The van der Waals surface area contributed by atoms with Crippen molar-refractivity contribution >= 4 is 23.6 Å². The van der Waals surface area contributed by atoms with Crippen molar-refractivity contribution in [1.29, 1.82) is 10.5 Å². The van der Waals surface area contributed by atoms with Crippen molar-refractivity contribution in [3.8, 4) is 29.3 Å². The Labute approximate surface area is 208 Å². The van der Waals surface area contributed by atoms with Crippen molar-refractivity contribution in [3.63, 3.8) is 0 Å². The van der Waals surface area contributed by atoms with Crippen LogP contribution in [0.3, 0.4) is 0 Å². The van der Waals surface area contributed by atoms with Crippen molar-refractivity contribution < 1.29 is 9.47 Å². The highest BCUT2D eigenvalue weighted by atomic mass is 35.5. The number of hydrogen-bond donors (Lipinski definition) is 0. The molecule has 0 N–H and O–H groups in total. The fourth-order valence-electron chi connectivity index (χ4n) is 3.45. The first-order chi connectivity index (χ1) is 17.1. The molecule has 0 amide bonds. The van der Waals surface area contributed by atoms with Crippen LogP contribution in [-0.2, 0) is 13.0 Å². The second-order valence-electron chi connectivity index (χ2n) is 7.41. The van der Waals surface area contributed by atoms with E-state index in [0.717, 1.165) is 11.3 Å². The van der Waals surface area contributed by atoms with Gasteiger partial charge in [-0.2, -0.15) is 15.6 Å². The minimum atomic E-state index is -0.00164. The van der Waals surface area contributed by atoms with Gasteiger partial charge in [0.25, 0.3) is 0 Å². The summed E-state index contributed by atoms with van der Waals surface area (Å²) in [6.45, 7) is 0.341. The van der Waals surface area contributed by atoms with Gasteiger partial charge in [-0.1, -0.05) is 60.1 Å². The van der Waals surface area contributed by atoms with E-state index in [0.29, 0.717) is 40.2 Å². The highest BCUT2D eigenvalue weighted by molar-refractivity contribution is 6.32. The predicted molar refractivity (Wildman–Crippen MR) is 134 cm³/mol. The molecule has 0 aliphatic heterocycles. The first-order valence-electron chi connectivity index (χ1n) is 10.7. The van der Waals surface area contributed by atoms with Gasteiger partial charge in [0.1, 0.15) is 18.2 Å². The van der Waals surface area contributed by atoms with Crippen molar-refractivity contribution in [2.45, 2.75) is 13.0 Å². The van der Waals surface area contributed by atoms with Gasteiger partial charge in [-0.25, -0.2) is 9.67 Å². The number of para-hydroxylation sites is 1. The third-order valence-electron chi connectivity index (χ3n) is 5.11. The van der Waals surface area contributed by atoms with Crippen LogP contribution in [0.15, 0.2) is 77.8 Å². The molecule has 4 rings (SSSR count). The lowest BCUT2D eigenvalue weighted by molar-refractivity contribution is 0.284. The van der Waals surface area contributed by atoms with Gasteiger partial charge in [0.05, 0.1) is 36.0 Å². The van der Waals surface area contributed by atoms with Crippen molar-refractivity contribution in [2.24, 2.45) is 4.99 Å². The summed E-state index contributed by atoms with van der Waals surface area (Å²) >= 11 is 6.52. The number of rotatable bonds is 8. The minimum Gasteiger partial charge on any atom is -0.493 e. The predicted octanol–water partition coefficient (Wildman–Crippen LogP) is 5.80. The van der Waals surface area contributed by atoms with Crippen LogP contribution < -0.4 is 9.47 Å². The molecule has 7 nitrogen and oxygen atoms in total. The average molecular weight is 482 g/mol. The van der Waals surface area contributed by atoms with Gasteiger partial charge in [-0.15, -0.1) is 0 Å². The highest BCUT2D eigenvalue weighted by Gasteiger charge is 2.18. The van der Waals surface area contributed by atoms with Gasteiger partial charge in [0.15, 0.2) is 17.3 Å². The molecule has 8 heteroatoms. The molecule has 0 aliphatic rings. The second-order valence-corrected chi connectivity index (χ2v) is 7.81. The standard InChI is InChI=1S/C27H20ClN5O2/c1-34-25-15-20(14-23(28)26(25)35-18-19-8-4-2-5-9-19)17-31-27-22(16-30)24(12-13-29)32-33(27)21-10-6-3-7-11-21/h2-11,14-15,17H,12,18H2,1H3. The molecule has 0 unspecified atom stereocenters. The van der Waals surface area contributed by atoms with Gasteiger partial charge >= 0.3 is 0 Å². The summed E-state index contributed by atoms with van der Waals surface area (Å²) in [6, 6.07) is 26.7. The lowest BCUT2D eigenvalue weighted by atomic mass is 10.2. The van der Waals surface area contributed by atoms with E-state index in [1.54, 1.807) is 23.0 Å². The number of benzene rings is 3. The minimum absolute atomic E-state index is 0.00164. The lowest BCUT2D eigenvalue weighted by Gasteiger charge is -2.13. The van der Waals surface area contributed by atoms with Crippen LogP contribution in [0.25, 0.3) is 5.69 Å². The van der Waals surface area contributed by atoms with Crippen molar-refractivity contribution in [1.82, 2.24) is 9.78 Å². The Bertz CT molecular complexity index is 1430. The van der Waals surface area contributed by atoms with E-state index < -0.39 is 0 Å². The van der Waals surface area contributed by atoms with Gasteiger partial charge < -0.3 is 9.47 Å². The van der Waals surface area contributed by atoms with Crippen LogP contribution in [0.5, 0.6) is 11.5 Å². The maximum absolute atomic E-state index is 9.75. The molecule has 1 heterocycles. The number of aliphatic imine (C=N–C) groups is 1.